The van der Waals surface area contributed by atoms with Crippen molar-refractivity contribution in [2.24, 2.45) is 10.8 Å². The van der Waals surface area contributed by atoms with Crippen molar-refractivity contribution in [1.82, 2.24) is 14.5 Å². The quantitative estimate of drug-likeness (QED) is 0.181. The van der Waals surface area contributed by atoms with Crippen molar-refractivity contribution < 1.29 is 19.4 Å². The first-order valence-corrected chi connectivity index (χ1v) is 16.3. The lowest BCUT2D eigenvalue weighted by molar-refractivity contribution is 0.0679. The molecule has 0 bridgehead atoms. The molecule has 0 saturated heterocycles. The number of amides is 1. The Morgan fingerprint density at radius 2 is 1.58 bits per heavy atom. The minimum Gasteiger partial charge on any atom is -0.497 e. The molecule has 0 saturated carbocycles. The number of hydrogen-bond acceptors (Lipinski definition) is 4. The van der Waals surface area contributed by atoms with E-state index in [1.165, 1.54) is 11.1 Å². The summed E-state index contributed by atoms with van der Waals surface area (Å²) in [5, 5.41) is 9.37. The molecule has 1 amide bonds. The van der Waals surface area contributed by atoms with E-state index in [4.69, 9.17) is 9.72 Å². The number of ether oxygens (including phenoxy) is 1. The zero-order chi connectivity index (χ0) is 33.6. The van der Waals surface area contributed by atoms with Gasteiger partial charge < -0.3 is 19.3 Å². The molecule has 5 aromatic rings. The number of imidazole rings is 1. The molecule has 0 spiro atoms. The van der Waals surface area contributed by atoms with Crippen LogP contribution in [0.4, 0.5) is 0 Å². The average Bonchev–Trinajstić information content (AvgIpc) is 3.45. The summed E-state index contributed by atoms with van der Waals surface area (Å²) in [6.07, 6.45) is 5.29. The molecule has 2 heterocycles. The highest BCUT2D eigenvalue weighted by molar-refractivity contribution is 6.01. The van der Waals surface area contributed by atoms with Gasteiger partial charge in [0.25, 0.3) is 5.91 Å². The van der Waals surface area contributed by atoms with Crippen LogP contribution in [0.3, 0.4) is 0 Å². The number of carbonyl (C=O) groups is 2. The number of para-hydroxylation sites is 2. The van der Waals surface area contributed by atoms with Crippen LogP contribution in [-0.4, -0.2) is 51.6 Å². The predicted molar refractivity (Wildman–Crippen MR) is 189 cm³/mol. The number of hydrogen-bond donors (Lipinski definition) is 1. The summed E-state index contributed by atoms with van der Waals surface area (Å²) in [5.74, 6) is 0.625. The Hall–Kier alpha value is -5.43. The van der Waals surface area contributed by atoms with Crippen LogP contribution in [0.5, 0.6) is 5.75 Å². The van der Waals surface area contributed by atoms with Crippen LogP contribution in [0, 0.1) is 10.8 Å². The highest BCUT2D eigenvalue weighted by Crippen LogP contribution is 2.55. The van der Waals surface area contributed by atoms with Crippen LogP contribution < -0.4 is 4.74 Å². The van der Waals surface area contributed by atoms with Crippen LogP contribution in [0.15, 0.2) is 115 Å². The summed E-state index contributed by atoms with van der Waals surface area (Å²) in [7, 11) is 1.66. The lowest BCUT2D eigenvalue weighted by Gasteiger charge is -2.50. The maximum atomic E-state index is 14.5. The summed E-state index contributed by atoms with van der Waals surface area (Å²) in [4.78, 5) is 32.9. The molecular formula is C41H39N3O4. The van der Waals surface area contributed by atoms with E-state index < -0.39 is 5.97 Å². The third-order valence-corrected chi connectivity index (χ3v) is 10.1. The second-order valence-electron chi connectivity index (χ2n) is 13.6. The molecule has 1 aliphatic heterocycles. The Kier molecular flexibility index (Phi) is 7.78. The second-order valence-corrected chi connectivity index (χ2v) is 13.6. The number of nitrogens with zero attached hydrogens (tertiary/aromatic N) is 3. The maximum absolute atomic E-state index is 14.5. The van der Waals surface area contributed by atoms with Gasteiger partial charge in [-0.2, -0.15) is 0 Å². The van der Waals surface area contributed by atoms with Gasteiger partial charge in [-0.25, -0.2) is 9.78 Å². The first-order chi connectivity index (χ1) is 23.1. The molecule has 2 aliphatic rings. The number of fused-ring (bicyclic) bond motifs is 2. The first-order valence-electron chi connectivity index (χ1n) is 16.3. The van der Waals surface area contributed by atoms with Crippen molar-refractivity contribution in [3.63, 3.8) is 0 Å². The Bertz CT molecular complexity index is 2100. The monoisotopic (exact) mass is 637 g/mol. The summed E-state index contributed by atoms with van der Waals surface area (Å²) in [6, 6.07) is 31.1. The standard InChI is InChI=1S/C41H39N3O4/c1-40(2)33(28-15-17-29(18-16-28)39(46)47)21-23-41(3)26-43(24-22-36(40)41)38(45)32-10-6-5-9-31(32)37-42-34-11-7-8-12-35(34)44(37)25-27-13-19-30(48-4)20-14-27/h5-22H,23-26H2,1-4H3,(H,46,47)/t41-/m1/s1. The molecule has 7 heteroatoms. The third kappa shape index (κ3) is 5.39. The van der Waals surface area contributed by atoms with Gasteiger partial charge in [0.1, 0.15) is 11.6 Å². The van der Waals surface area contributed by atoms with Gasteiger partial charge in [-0.3, -0.25) is 4.79 Å². The number of aromatic carboxylic acids is 1. The van der Waals surface area contributed by atoms with E-state index in [0.29, 0.717) is 25.2 Å². The Balaban J connectivity index is 1.21. The van der Waals surface area contributed by atoms with Crippen LogP contribution in [0.2, 0.25) is 0 Å². The van der Waals surface area contributed by atoms with E-state index >= 15 is 0 Å². The van der Waals surface area contributed by atoms with Crippen molar-refractivity contribution in [2.45, 2.75) is 33.7 Å². The fourth-order valence-corrected chi connectivity index (χ4v) is 7.75. The van der Waals surface area contributed by atoms with Crippen molar-refractivity contribution in [1.29, 1.82) is 0 Å². The lowest BCUT2D eigenvalue weighted by Crippen LogP contribution is -2.48. The fraction of sp³-hybridized carbons (Fsp3) is 0.244. The molecule has 1 atom stereocenters. The van der Waals surface area contributed by atoms with Crippen molar-refractivity contribution in [3.8, 4) is 17.1 Å². The molecule has 0 unspecified atom stereocenters. The van der Waals surface area contributed by atoms with Gasteiger partial charge in [0.05, 0.1) is 29.3 Å². The van der Waals surface area contributed by atoms with E-state index in [9.17, 15) is 14.7 Å². The molecule has 4 aromatic carbocycles. The molecule has 7 rings (SSSR count). The van der Waals surface area contributed by atoms with E-state index in [2.05, 4.69) is 55.7 Å². The minimum absolute atomic E-state index is 0.0120. The van der Waals surface area contributed by atoms with Gasteiger partial charge in [0.2, 0.25) is 0 Å². The number of aromatic nitrogens is 2. The maximum Gasteiger partial charge on any atom is 0.335 e. The summed E-state index contributed by atoms with van der Waals surface area (Å²) < 4.78 is 7.56. The fourth-order valence-electron chi connectivity index (χ4n) is 7.75. The zero-order valence-electron chi connectivity index (χ0n) is 27.7. The Labute approximate surface area is 280 Å². The normalized spacial score (nSPS) is 18.5. The zero-order valence-corrected chi connectivity index (χ0v) is 27.7. The van der Waals surface area contributed by atoms with Gasteiger partial charge in [-0.15, -0.1) is 0 Å². The van der Waals surface area contributed by atoms with E-state index in [-0.39, 0.29) is 22.3 Å². The number of allylic oxidation sites excluding steroid dienone is 2. The number of carboxylic acids is 1. The highest BCUT2D eigenvalue weighted by atomic mass is 16.5. The number of benzene rings is 4. The van der Waals surface area contributed by atoms with Gasteiger partial charge in [0, 0.05) is 36.0 Å². The molecule has 1 aliphatic carbocycles. The molecule has 0 fully saturated rings. The van der Waals surface area contributed by atoms with Crippen molar-refractivity contribution in [3.05, 3.63) is 137 Å². The predicted octanol–water partition coefficient (Wildman–Crippen LogP) is 8.36. The minimum atomic E-state index is -0.929. The SMILES string of the molecule is COc1ccc(Cn2c(-c3ccccc3C(=O)N3CC=C4C(C)(C)C(c5ccc(C(=O)O)cc5)=CC[C@]4(C)C3)nc3ccccc32)cc1. The van der Waals surface area contributed by atoms with E-state index in [1.807, 2.05) is 71.6 Å². The molecule has 242 valence electrons. The molecule has 0 radical (unpaired) electrons. The van der Waals surface area contributed by atoms with E-state index in [0.717, 1.165) is 45.7 Å². The van der Waals surface area contributed by atoms with Crippen molar-refractivity contribution in [2.75, 3.05) is 20.2 Å². The summed E-state index contributed by atoms with van der Waals surface area (Å²) >= 11 is 0. The van der Waals surface area contributed by atoms with Gasteiger partial charge in [-0.1, -0.05) is 93.1 Å². The van der Waals surface area contributed by atoms with Crippen LogP contribution in [-0.2, 0) is 6.54 Å². The average molecular weight is 638 g/mol. The van der Waals surface area contributed by atoms with Crippen LogP contribution >= 0.6 is 0 Å². The molecule has 7 nitrogen and oxygen atoms in total. The van der Waals surface area contributed by atoms with Crippen LogP contribution in [0.1, 0.15) is 59.0 Å². The summed E-state index contributed by atoms with van der Waals surface area (Å²) in [5.41, 5.74) is 7.72. The lowest BCUT2D eigenvalue weighted by atomic mass is 9.58. The topological polar surface area (TPSA) is 84.7 Å². The first kappa shape index (κ1) is 31.2. The number of methoxy groups -OCH3 is 1. The Morgan fingerprint density at radius 1 is 0.875 bits per heavy atom. The third-order valence-electron chi connectivity index (χ3n) is 10.1. The molecular weight excluding hydrogens is 598 g/mol. The van der Waals surface area contributed by atoms with Gasteiger partial charge in [0.15, 0.2) is 0 Å². The number of carbonyl (C=O) groups excluding carboxylic acids is 1. The largest absolute Gasteiger partial charge is 0.497 e. The van der Waals surface area contributed by atoms with Gasteiger partial charge >= 0.3 is 5.97 Å². The summed E-state index contributed by atoms with van der Waals surface area (Å²) in [6.45, 7) is 8.41. The van der Waals surface area contributed by atoms with Gasteiger partial charge in [-0.05, 0) is 65.6 Å². The molecule has 1 N–H and O–H groups in total. The number of carboxylic acid groups (broad SMARTS) is 1. The smallest absolute Gasteiger partial charge is 0.335 e. The highest BCUT2D eigenvalue weighted by Gasteiger charge is 2.46. The molecule has 1 aromatic heterocycles. The second kappa shape index (κ2) is 12.0. The Morgan fingerprint density at radius 3 is 2.31 bits per heavy atom. The van der Waals surface area contributed by atoms with E-state index in [1.54, 1.807) is 19.2 Å². The van der Waals surface area contributed by atoms with Crippen LogP contribution in [0.25, 0.3) is 28.0 Å². The molecule has 48 heavy (non-hydrogen) atoms. The van der Waals surface area contributed by atoms with Crippen molar-refractivity contribution >= 4 is 28.5 Å². The number of rotatable bonds is 7.